The molecule has 0 saturated heterocycles. The van der Waals surface area contributed by atoms with Crippen LogP contribution in [0, 0.1) is 0 Å². The van der Waals surface area contributed by atoms with Gasteiger partial charge in [-0.1, -0.05) is 30.3 Å². The first-order chi connectivity index (χ1) is 11.6. The van der Waals surface area contributed by atoms with Crippen LogP contribution >= 0.6 is 0 Å². The molecule has 0 aliphatic carbocycles. The SMILES string of the molecule is CC(=O)NCC(=O)N1CCc2c(-c3ccccc3)nn(C)c2CC1. The number of hydrogen-bond acceptors (Lipinski definition) is 3. The second kappa shape index (κ2) is 6.86. The van der Waals surface area contributed by atoms with Crippen LogP contribution in [0.2, 0.25) is 0 Å². The normalized spacial score (nSPS) is 14.0. The summed E-state index contributed by atoms with van der Waals surface area (Å²) in [4.78, 5) is 25.1. The van der Waals surface area contributed by atoms with E-state index in [9.17, 15) is 9.59 Å². The van der Waals surface area contributed by atoms with E-state index in [0.717, 1.165) is 24.1 Å². The first-order valence-electron chi connectivity index (χ1n) is 8.18. The number of carbonyl (C=O) groups is 2. The van der Waals surface area contributed by atoms with E-state index in [1.807, 2.05) is 34.8 Å². The minimum absolute atomic E-state index is 0.0350. The lowest BCUT2D eigenvalue weighted by atomic mass is 10.0. The summed E-state index contributed by atoms with van der Waals surface area (Å²) in [5.74, 6) is -0.218. The number of hydrogen-bond donors (Lipinski definition) is 1. The lowest BCUT2D eigenvalue weighted by molar-refractivity contribution is -0.132. The van der Waals surface area contributed by atoms with Gasteiger partial charge in [-0.25, -0.2) is 0 Å². The Kier molecular flexibility index (Phi) is 4.64. The Morgan fingerprint density at radius 1 is 1.17 bits per heavy atom. The molecule has 6 nitrogen and oxygen atoms in total. The summed E-state index contributed by atoms with van der Waals surface area (Å²) in [6.07, 6.45) is 1.55. The van der Waals surface area contributed by atoms with Crippen LogP contribution in [0.5, 0.6) is 0 Å². The minimum atomic E-state index is -0.183. The molecular formula is C18H22N4O2. The first kappa shape index (κ1) is 16.2. The lowest BCUT2D eigenvalue weighted by Gasteiger charge is -2.20. The van der Waals surface area contributed by atoms with Crippen molar-refractivity contribution in [3.63, 3.8) is 0 Å². The summed E-state index contributed by atoms with van der Waals surface area (Å²) in [6.45, 7) is 2.79. The fraction of sp³-hybridized carbons (Fsp3) is 0.389. The molecule has 2 heterocycles. The van der Waals surface area contributed by atoms with E-state index in [2.05, 4.69) is 22.5 Å². The van der Waals surface area contributed by atoms with Crippen LogP contribution in [0.1, 0.15) is 18.2 Å². The maximum absolute atomic E-state index is 12.3. The molecule has 0 saturated carbocycles. The molecular weight excluding hydrogens is 304 g/mol. The number of aromatic nitrogens is 2. The molecule has 1 aromatic heterocycles. The predicted molar refractivity (Wildman–Crippen MR) is 91.3 cm³/mol. The van der Waals surface area contributed by atoms with Crippen molar-refractivity contribution in [2.24, 2.45) is 7.05 Å². The van der Waals surface area contributed by atoms with Gasteiger partial charge < -0.3 is 10.2 Å². The Morgan fingerprint density at radius 3 is 2.58 bits per heavy atom. The number of rotatable bonds is 3. The van der Waals surface area contributed by atoms with Gasteiger partial charge in [-0.15, -0.1) is 0 Å². The van der Waals surface area contributed by atoms with Crippen molar-refractivity contribution in [1.29, 1.82) is 0 Å². The van der Waals surface area contributed by atoms with E-state index in [0.29, 0.717) is 13.1 Å². The van der Waals surface area contributed by atoms with Gasteiger partial charge in [0.2, 0.25) is 11.8 Å². The smallest absolute Gasteiger partial charge is 0.241 e. The van der Waals surface area contributed by atoms with E-state index in [4.69, 9.17) is 0 Å². The molecule has 3 rings (SSSR count). The van der Waals surface area contributed by atoms with E-state index >= 15 is 0 Å². The second-order valence-electron chi connectivity index (χ2n) is 6.05. The van der Waals surface area contributed by atoms with Gasteiger partial charge in [-0.2, -0.15) is 5.10 Å². The average Bonchev–Trinajstić information content (AvgIpc) is 2.76. The molecule has 2 aromatic rings. The zero-order valence-corrected chi connectivity index (χ0v) is 14.1. The topological polar surface area (TPSA) is 67.2 Å². The summed E-state index contributed by atoms with van der Waals surface area (Å²) >= 11 is 0. The van der Waals surface area contributed by atoms with Gasteiger partial charge in [-0.3, -0.25) is 14.3 Å². The van der Waals surface area contributed by atoms with Crippen molar-refractivity contribution in [2.75, 3.05) is 19.6 Å². The van der Waals surface area contributed by atoms with E-state index in [1.54, 1.807) is 0 Å². The van der Waals surface area contributed by atoms with Gasteiger partial charge in [0, 0.05) is 50.3 Å². The van der Waals surface area contributed by atoms with Crippen LogP contribution in [-0.4, -0.2) is 46.1 Å². The van der Waals surface area contributed by atoms with Crippen LogP contribution in [-0.2, 0) is 29.5 Å². The Balaban J connectivity index is 1.79. The second-order valence-corrected chi connectivity index (χ2v) is 6.05. The Hall–Kier alpha value is -2.63. The summed E-state index contributed by atoms with van der Waals surface area (Å²) in [5, 5.41) is 7.27. The Morgan fingerprint density at radius 2 is 1.88 bits per heavy atom. The van der Waals surface area contributed by atoms with Gasteiger partial charge >= 0.3 is 0 Å². The summed E-state index contributed by atoms with van der Waals surface area (Å²) in [6, 6.07) is 10.1. The average molecular weight is 326 g/mol. The molecule has 0 atom stereocenters. The Labute approximate surface area is 141 Å². The molecule has 0 unspecified atom stereocenters. The highest BCUT2D eigenvalue weighted by atomic mass is 16.2. The van der Waals surface area contributed by atoms with Crippen molar-refractivity contribution in [3.8, 4) is 11.3 Å². The van der Waals surface area contributed by atoms with E-state index in [-0.39, 0.29) is 18.4 Å². The zero-order chi connectivity index (χ0) is 17.1. The van der Waals surface area contributed by atoms with Crippen LogP contribution in [0.4, 0.5) is 0 Å². The number of carbonyl (C=O) groups excluding carboxylic acids is 2. The highest BCUT2D eigenvalue weighted by Crippen LogP contribution is 2.27. The summed E-state index contributed by atoms with van der Waals surface area (Å²) in [7, 11) is 1.96. The molecule has 24 heavy (non-hydrogen) atoms. The third-order valence-corrected chi connectivity index (χ3v) is 4.41. The van der Waals surface area contributed by atoms with Crippen LogP contribution < -0.4 is 5.32 Å². The molecule has 2 amide bonds. The zero-order valence-electron chi connectivity index (χ0n) is 14.1. The van der Waals surface area contributed by atoms with Gasteiger partial charge in [0.05, 0.1) is 12.2 Å². The number of nitrogens with zero attached hydrogens (tertiary/aromatic N) is 3. The molecule has 0 bridgehead atoms. The quantitative estimate of drug-likeness (QED) is 0.920. The number of amides is 2. The van der Waals surface area contributed by atoms with Crippen LogP contribution in [0.25, 0.3) is 11.3 Å². The van der Waals surface area contributed by atoms with Crippen molar-refractivity contribution >= 4 is 11.8 Å². The molecule has 6 heteroatoms. The molecule has 126 valence electrons. The molecule has 1 aliphatic rings. The molecule has 1 aromatic carbocycles. The molecule has 0 radical (unpaired) electrons. The monoisotopic (exact) mass is 326 g/mol. The van der Waals surface area contributed by atoms with Gasteiger partial charge in [0.25, 0.3) is 0 Å². The summed E-state index contributed by atoms with van der Waals surface area (Å²) in [5.41, 5.74) is 4.51. The fourth-order valence-corrected chi connectivity index (χ4v) is 3.17. The maximum Gasteiger partial charge on any atom is 0.241 e. The molecule has 1 aliphatic heterocycles. The fourth-order valence-electron chi connectivity index (χ4n) is 3.17. The third kappa shape index (κ3) is 3.32. The minimum Gasteiger partial charge on any atom is -0.347 e. The predicted octanol–water partition coefficient (Wildman–Crippen LogP) is 1.15. The van der Waals surface area contributed by atoms with E-state index in [1.165, 1.54) is 18.2 Å². The third-order valence-electron chi connectivity index (χ3n) is 4.41. The van der Waals surface area contributed by atoms with Crippen LogP contribution in [0.3, 0.4) is 0 Å². The number of nitrogens with one attached hydrogen (secondary N) is 1. The lowest BCUT2D eigenvalue weighted by Crippen LogP contribution is -2.40. The largest absolute Gasteiger partial charge is 0.347 e. The molecule has 0 fully saturated rings. The number of fused-ring (bicyclic) bond motifs is 1. The van der Waals surface area contributed by atoms with Crippen molar-refractivity contribution in [1.82, 2.24) is 20.0 Å². The highest BCUT2D eigenvalue weighted by molar-refractivity contribution is 5.83. The van der Waals surface area contributed by atoms with Gasteiger partial charge in [0.1, 0.15) is 0 Å². The summed E-state index contributed by atoms with van der Waals surface area (Å²) < 4.78 is 1.93. The van der Waals surface area contributed by atoms with Crippen molar-refractivity contribution in [3.05, 3.63) is 41.6 Å². The highest BCUT2D eigenvalue weighted by Gasteiger charge is 2.24. The van der Waals surface area contributed by atoms with E-state index < -0.39 is 0 Å². The molecule has 0 spiro atoms. The van der Waals surface area contributed by atoms with Crippen LogP contribution in [0.15, 0.2) is 30.3 Å². The Bertz CT molecular complexity index is 752. The number of benzene rings is 1. The molecule has 1 N–H and O–H groups in total. The van der Waals surface area contributed by atoms with Gasteiger partial charge in [0.15, 0.2) is 0 Å². The number of aryl methyl sites for hydroxylation is 1. The van der Waals surface area contributed by atoms with Crippen molar-refractivity contribution < 1.29 is 9.59 Å². The standard InChI is InChI=1S/C18H22N4O2/c1-13(23)19-12-17(24)22-10-8-15-16(9-11-22)21(2)20-18(15)14-6-4-3-5-7-14/h3-7H,8-12H2,1-2H3,(H,19,23). The maximum atomic E-state index is 12.3. The van der Waals surface area contributed by atoms with Gasteiger partial charge in [-0.05, 0) is 6.42 Å². The van der Waals surface area contributed by atoms with Crippen molar-refractivity contribution in [2.45, 2.75) is 19.8 Å². The first-order valence-corrected chi connectivity index (χ1v) is 8.18.